The molecule has 0 spiro atoms. The van der Waals surface area contributed by atoms with E-state index in [1.54, 1.807) is 0 Å². The van der Waals surface area contributed by atoms with Gasteiger partial charge in [-0.2, -0.15) is 0 Å². The molecule has 0 saturated heterocycles. The summed E-state index contributed by atoms with van der Waals surface area (Å²) >= 11 is 0. The van der Waals surface area contributed by atoms with Gasteiger partial charge in [0.2, 0.25) is 0 Å². The SMILES string of the molecule is CC/C=C\C/C=C\C/C=C\C/C=C\C/C=C\CCCCCC(=O)OC[C@H](COC(=O)CCCC/C=C\C/C=C\C/C=C\C/C=C\CC)OC(=O)CCCCCCC/C=C\C/C=C\C/C=C\CC. The Labute approximate surface area is 410 Å². The molecule has 6 heteroatoms. The van der Waals surface area contributed by atoms with Crippen molar-refractivity contribution in [3.8, 4) is 0 Å². The highest BCUT2D eigenvalue weighted by Crippen LogP contribution is 2.12. The van der Waals surface area contributed by atoms with E-state index in [1.807, 2.05) is 0 Å². The number of esters is 3. The van der Waals surface area contributed by atoms with Gasteiger partial charge in [0.25, 0.3) is 0 Å². The van der Waals surface area contributed by atoms with Crippen LogP contribution in [0.2, 0.25) is 0 Å². The Morgan fingerprint density at radius 3 is 0.881 bits per heavy atom. The van der Waals surface area contributed by atoms with Gasteiger partial charge in [-0.05, 0) is 135 Å². The number of rotatable bonds is 45. The van der Waals surface area contributed by atoms with Crippen molar-refractivity contribution in [3.63, 3.8) is 0 Å². The minimum atomic E-state index is -0.824. The van der Waals surface area contributed by atoms with Crippen molar-refractivity contribution in [2.75, 3.05) is 13.2 Å². The lowest BCUT2D eigenvalue weighted by atomic mass is 10.1. The predicted molar refractivity (Wildman–Crippen MR) is 288 cm³/mol. The molecule has 0 saturated carbocycles. The fraction of sp³-hybridized carbons (Fsp3) is 0.557. The molecule has 0 aromatic carbocycles. The Morgan fingerprint density at radius 1 is 0.299 bits per heavy atom. The van der Waals surface area contributed by atoms with Gasteiger partial charge in [-0.15, -0.1) is 0 Å². The molecule has 0 heterocycles. The molecule has 0 aliphatic rings. The van der Waals surface area contributed by atoms with Crippen molar-refractivity contribution in [3.05, 3.63) is 146 Å². The van der Waals surface area contributed by atoms with Crippen LogP contribution in [0.4, 0.5) is 0 Å². The third-order valence-corrected chi connectivity index (χ3v) is 10.3. The summed E-state index contributed by atoms with van der Waals surface area (Å²) in [6, 6.07) is 0. The van der Waals surface area contributed by atoms with E-state index in [0.717, 1.165) is 154 Å². The molecule has 0 amide bonds. The summed E-state index contributed by atoms with van der Waals surface area (Å²) < 4.78 is 16.7. The predicted octanol–water partition coefficient (Wildman–Crippen LogP) is 17.6. The van der Waals surface area contributed by atoms with E-state index < -0.39 is 6.10 Å². The van der Waals surface area contributed by atoms with E-state index in [2.05, 4.69) is 167 Å². The van der Waals surface area contributed by atoms with Crippen molar-refractivity contribution in [1.82, 2.24) is 0 Å². The molecule has 0 unspecified atom stereocenters. The van der Waals surface area contributed by atoms with Gasteiger partial charge in [0.15, 0.2) is 6.10 Å². The fourth-order valence-corrected chi connectivity index (χ4v) is 6.47. The van der Waals surface area contributed by atoms with Gasteiger partial charge in [-0.25, -0.2) is 0 Å². The van der Waals surface area contributed by atoms with Crippen LogP contribution in [0, 0.1) is 0 Å². The maximum atomic E-state index is 12.8. The molecule has 0 aromatic rings. The zero-order chi connectivity index (χ0) is 48.6. The van der Waals surface area contributed by atoms with Crippen LogP contribution in [0.15, 0.2) is 146 Å². The molecule has 6 nitrogen and oxygen atoms in total. The van der Waals surface area contributed by atoms with Crippen molar-refractivity contribution >= 4 is 17.9 Å². The van der Waals surface area contributed by atoms with E-state index >= 15 is 0 Å². The van der Waals surface area contributed by atoms with Crippen LogP contribution < -0.4 is 0 Å². The Bertz CT molecular complexity index is 1530. The highest BCUT2D eigenvalue weighted by molar-refractivity contribution is 5.71. The summed E-state index contributed by atoms with van der Waals surface area (Å²) in [6.45, 7) is 6.19. The largest absolute Gasteiger partial charge is 0.462 e. The molecule has 0 rings (SSSR count). The molecule has 1 atom stereocenters. The summed E-state index contributed by atoms with van der Waals surface area (Å²) in [5.41, 5.74) is 0. The van der Waals surface area contributed by atoms with Crippen LogP contribution in [-0.2, 0) is 28.6 Å². The van der Waals surface area contributed by atoms with E-state index in [1.165, 1.54) is 0 Å². The molecular weight excluding hydrogens is 829 g/mol. The number of hydrogen-bond donors (Lipinski definition) is 0. The summed E-state index contributed by atoms with van der Waals surface area (Å²) in [4.78, 5) is 38.0. The standard InChI is InChI=1S/C61H94O6/c1-4-7-10-13-16-19-22-25-28-29-30-31-34-36-39-42-45-48-51-54-60(63)66-57-58(67-61(64)55-52-49-46-43-40-37-33-27-24-21-18-15-12-9-6-3)56-65-59(62)53-50-47-44-41-38-35-32-26-23-20-17-14-11-8-5-2/h7-12,16-21,25-28,30-33,36,38-39,41,58H,4-6,13-15,22-24,29,34-35,37,40,42-57H2,1-3H3/b10-7-,11-8-,12-9-,19-16-,20-17-,21-18-,28-25-,31-30-,32-26-,33-27-,39-36-,41-38-/t58-/m0/s1. The molecule has 0 N–H and O–H groups in total. The molecular formula is C61H94O6. The lowest BCUT2D eigenvalue weighted by Crippen LogP contribution is -2.30. The van der Waals surface area contributed by atoms with E-state index in [9.17, 15) is 14.4 Å². The molecule has 67 heavy (non-hydrogen) atoms. The molecule has 0 aliphatic heterocycles. The average Bonchev–Trinajstić information content (AvgIpc) is 3.33. The molecule has 0 aliphatic carbocycles. The Hall–Kier alpha value is -4.71. The van der Waals surface area contributed by atoms with Gasteiger partial charge in [0, 0.05) is 19.3 Å². The maximum absolute atomic E-state index is 12.8. The first-order valence-corrected chi connectivity index (χ1v) is 26.3. The van der Waals surface area contributed by atoms with E-state index in [-0.39, 0.29) is 44.0 Å². The second kappa shape index (κ2) is 53.9. The van der Waals surface area contributed by atoms with Crippen LogP contribution in [0.25, 0.3) is 0 Å². The number of allylic oxidation sites excluding steroid dienone is 24. The second-order valence-electron chi connectivity index (χ2n) is 16.6. The van der Waals surface area contributed by atoms with Gasteiger partial charge < -0.3 is 14.2 Å². The highest BCUT2D eigenvalue weighted by Gasteiger charge is 2.19. The van der Waals surface area contributed by atoms with Crippen molar-refractivity contribution < 1.29 is 28.6 Å². The number of carbonyl (C=O) groups excluding carboxylic acids is 3. The number of hydrogen-bond acceptors (Lipinski definition) is 6. The van der Waals surface area contributed by atoms with Crippen LogP contribution in [0.3, 0.4) is 0 Å². The van der Waals surface area contributed by atoms with Gasteiger partial charge in [-0.3, -0.25) is 14.4 Å². The molecule has 374 valence electrons. The molecule has 0 fully saturated rings. The summed E-state index contributed by atoms with van der Waals surface area (Å²) in [7, 11) is 0. The lowest BCUT2D eigenvalue weighted by Gasteiger charge is -2.18. The van der Waals surface area contributed by atoms with Crippen LogP contribution in [-0.4, -0.2) is 37.2 Å². The Kier molecular flexibility index (Phi) is 50.1. The third-order valence-electron chi connectivity index (χ3n) is 10.3. The third kappa shape index (κ3) is 52.1. The van der Waals surface area contributed by atoms with Gasteiger partial charge in [0.05, 0.1) is 0 Å². The minimum Gasteiger partial charge on any atom is -0.462 e. The summed E-state index contributed by atoms with van der Waals surface area (Å²) in [5.74, 6) is -1.02. The normalized spacial score (nSPS) is 13.3. The van der Waals surface area contributed by atoms with Crippen molar-refractivity contribution in [2.45, 2.75) is 207 Å². The van der Waals surface area contributed by atoms with E-state index in [0.29, 0.717) is 12.8 Å². The Balaban J connectivity index is 4.57. The molecule has 0 bridgehead atoms. The van der Waals surface area contributed by atoms with E-state index in [4.69, 9.17) is 14.2 Å². The lowest BCUT2D eigenvalue weighted by molar-refractivity contribution is -0.167. The topological polar surface area (TPSA) is 78.9 Å². The van der Waals surface area contributed by atoms with Gasteiger partial charge in [-0.1, -0.05) is 192 Å². The second-order valence-corrected chi connectivity index (χ2v) is 16.6. The van der Waals surface area contributed by atoms with Crippen LogP contribution in [0.5, 0.6) is 0 Å². The zero-order valence-corrected chi connectivity index (χ0v) is 42.6. The minimum absolute atomic E-state index is 0.122. The maximum Gasteiger partial charge on any atom is 0.306 e. The monoisotopic (exact) mass is 923 g/mol. The number of ether oxygens (including phenoxy) is 3. The fourth-order valence-electron chi connectivity index (χ4n) is 6.47. The van der Waals surface area contributed by atoms with Gasteiger partial charge >= 0.3 is 17.9 Å². The average molecular weight is 923 g/mol. The first-order valence-electron chi connectivity index (χ1n) is 26.3. The Morgan fingerprint density at radius 2 is 0.537 bits per heavy atom. The number of unbranched alkanes of at least 4 members (excludes halogenated alkanes) is 10. The quantitative estimate of drug-likeness (QED) is 0.0262. The molecule has 0 aromatic heterocycles. The first kappa shape index (κ1) is 62.3. The summed E-state index contributed by atoms with van der Waals surface area (Å²) in [5, 5.41) is 0. The van der Waals surface area contributed by atoms with Crippen LogP contribution in [0.1, 0.15) is 201 Å². The number of carbonyl (C=O) groups is 3. The van der Waals surface area contributed by atoms with Crippen LogP contribution >= 0.6 is 0 Å². The zero-order valence-electron chi connectivity index (χ0n) is 42.6. The molecule has 0 radical (unpaired) electrons. The van der Waals surface area contributed by atoms with Gasteiger partial charge in [0.1, 0.15) is 13.2 Å². The summed E-state index contributed by atoms with van der Waals surface area (Å²) in [6.07, 6.45) is 76.9. The smallest absolute Gasteiger partial charge is 0.306 e. The highest BCUT2D eigenvalue weighted by atomic mass is 16.6. The van der Waals surface area contributed by atoms with Crippen molar-refractivity contribution in [1.29, 1.82) is 0 Å². The first-order chi connectivity index (χ1) is 33.0. The van der Waals surface area contributed by atoms with Crippen molar-refractivity contribution in [2.24, 2.45) is 0 Å².